The van der Waals surface area contributed by atoms with Crippen LogP contribution in [0.25, 0.3) is 0 Å². The monoisotopic (exact) mass is 541 g/mol. The first kappa shape index (κ1) is 28.2. The van der Waals surface area contributed by atoms with Gasteiger partial charge in [-0.05, 0) is 55.7 Å². The number of halogens is 1. The Bertz CT molecular complexity index is 1350. The Labute approximate surface area is 224 Å². The highest BCUT2D eigenvalue weighted by Crippen LogP contribution is 2.30. The van der Waals surface area contributed by atoms with Crippen LogP contribution >= 0.6 is 11.6 Å². The Kier molecular flexibility index (Phi) is 9.34. The van der Waals surface area contributed by atoms with Gasteiger partial charge in [0.15, 0.2) is 0 Å². The summed E-state index contributed by atoms with van der Waals surface area (Å²) in [4.78, 5) is 28.1. The fraction of sp³-hybridized carbons (Fsp3) is 0.286. The van der Waals surface area contributed by atoms with Crippen molar-refractivity contribution in [3.8, 4) is 0 Å². The van der Waals surface area contributed by atoms with E-state index in [1.807, 2.05) is 38.1 Å². The lowest BCUT2D eigenvalue weighted by atomic mass is 10.1. The van der Waals surface area contributed by atoms with Crippen LogP contribution in [-0.2, 0) is 26.2 Å². The Balaban J connectivity index is 2.09. The smallest absolute Gasteiger partial charge is 0.264 e. The number of benzene rings is 3. The quantitative estimate of drug-likeness (QED) is 0.403. The summed E-state index contributed by atoms with van der Waals surface area (Å²) in [6.07, 6.45) is 0.360. The van der Waals surface area contributed by atoms with Crippen molar-refractivity contribution in [1.29, 1.82) is 0 Å². The number of carbonyl (C=O) groups is 2. The molecule has 1 atom stereocenters. The van der Waals surface area contributed by atoms with Crippen LogP contribution < -0.4 is 9.62 Å². The molecule has 0 aliphatic rings. The Morgan fingerprint density at radius 3 is 2.22 bits per heavy atom. The fourth-order valence-corrected chi connectivity index (χ4v) is 5.72. The number of nitrogens with zero attached hydrogens (tertiary/aromatic N) is 2. The van der Waals surface area contributed by atoms with Crippen LogP contribution in [0.15, 0.2) is 77.7 Å². The number of likely N-dealkylation sites (N-methyl/N-ethyl adjacent to an activating group) is 1. The molecule has 3 aromatic rings. The van der Waals surface area contributed by atoms with Gasteiger partial charge < -0.3 is 10.2 Å². The predicted molar refractivity (Wildman–Crippen MR) is 147 cm³/mol. The molecule has 9 heteroatoms. The van der Waals surface area contributed by atoms with E-state index in [0.717, 1.165) is 15.4 Å². The highest BCUT2D eigenvalue weighted by Gasteiger charge is 2.34. The largest absolute Gasteiger partial charge is 0.357 e. The third-order valence-corrected chi connectivity index (χ3v) is 8.16. The van der Waals surface area contributed by atoms with E-state index in [4.69, 9.17) is 11.6 Å². The summed E-state index contributed by atoms with van der Waals surface area (Å²) in [5.41, 5.74) is 2.84. The van der Waals surface area contributed by atoms with Gasteiger partial charge in [0.05, 0.1) is 10.6 Å². The van der Waals surface area contributed by atoms with Crippen LogP contribution in [0, 0.1) is 13.8 Å². The van der Waals surface area contributed by atoms with Gasteiger partial charge in [-0.3, -0.25) is 13.9 Å². The molecule has 0 aliphatic carbocycles. The zero-order valence-corrected chi connectivity index (χ0v) is 23.0. The van der Waals surface area contributed by atoms with Crippen molar-refractivity contribution in [2.75, 3.05) is 17.9 Å². The molecule has 1 unspecified atom stereocenters. The number of aryl methyl sites for hydroxylation is 2. The van der Waals surface area contributed by atoms with Crippen LogP contribution in [0.1, 0.15) is 30.0 Å². The molecule has 0 saturated heterocycles. The maximum Gasteiger partial charge on any atom is 0.264 e. The minimum atomic E-state index is -4.13. The van der Waals surface area contributed by atoms with Gasteiger partial charge in [-0.15, -0.1) is 0 Å². The maximum absolute atomic E-state index is 13.9. The summed E-state index contributed by atoms with van der Waals surface area (Å²) < 4.78 is 28.7. The van der Waals surface area contributed by atoms with Gasteiger partial charge in [0, 0.05) is 18.6 Å². The summed E-state index contributed by atoms with van der Waals surface area (Å²) in [7, 11) is -2.62. The first-order chi connectivity index (χ1) is 17.6. The van der Waals surface area contributed by atoms with E-state index in [9.17, 15) is 18.0 Å². The van der Waals surface area contributed by atoms with Crippen LogP contribution in [-0.4, -0.2) is 44.8 Å². The number of hydrogen-bond donors (Lipinski definition) is 1. The lowest BCUT2D eigenvalue weighted by Crippen LogP contribution is -2.51. The van der Waals surface area contributed by atoms with Gasteiger partial charge in [-0.25, -0.2) is 8.42 Å². The van der Waals surface area contributed by atoms with E-state index >= 15 is 0 Å². The van der Waals surface area contributed by atoms with Gasteiger partial charge in [0.2, 0.25) is 11.8 Å². The molecule has 0 aromatic heterocycles. The highest BCUT2D eigenvalue weighted by atomic mass is 35.5. The van der Waals surface area contributed by atoms with E-state index in [0.29, 0.717) is 22.7 Å². The molecule has 0 aliphatic heterocycles. The minimum Gasteiger partial charge on any atom is -0.357 e. The van der Waals surface area contributed by atoms with Crippen LogP contribution in [0.3, 0.4) is 0 Å². The van der Waals surface area contributed by atoms with Crippen molar-refractivity contribution >= 4 is 39.1 Å². The van der Waals surface area contributed by atoms with Gasteiger partial charge in [-0.1, -0.05) is 72.6 Å². The molecular formula is C28H32ClN3O4S. The lowest BCUT2D eigenvalue weighted by Gasteiger charge is -2.33. The average Bonchev–Trinajstić information content (AvgIpc) is 2.89. The number of amides is 2. The van der Waals surface area contributed by atoms with E-state index in [1.54, 1.807) is 37.3 Å². The van der Waals surface area contributed by atoms with Gasteiger partial charge in [-0.2, -0.15) is 0 Å². The fourth-order valence-electron chi connectivity index (χ4n) is 4.06. The maximum atomic E-state index is 13.9. The number of sulfonamides is 1. The Morgan fingerprint density at radius 2 is 1.62 bits per heavy atom. The Hall–Kier alpha value is -3.36. The average molecular weight is 542 g/mol. The van der Waals surface area contributed by atoms with Crippen LogP contribution in [0.2, 0.25) is 5.02 Å². The van der Waals surface area contributed by atoms with Crippen molar-refractivity contribution in [2.24, 2.45) is 0 Å². The molecule has 0 bridgehead atoms. The van der Waals surface area contributed by atoms with Gasteiger partial charge >= 0.3 is 0 Å². The zero-order valence-electron chi connectivity index (χ0n) is 21.4. The van der Waals surface area contributed by atoms with Gasteiger partial charge in [0.25, 0.3) is 10.0 Å². The second-order valence-electron chi connectivity index (χ2n) is 8.80. The van der Waals surface area contributed by atoms with E-state index in [1.165, 1.54) is 30.1 Å². The summed E-state index contributed by atoms with van der Waals surface area (Å²) in [5, 5.41) is 2.96. The summed E-state index contributed by atoms with van der Waals surface area (Å²) in [6.45, 7) is 5.18. The number of rotatable bonds is 10. The molecule has 0 spiro atoms. The molecule has 0 saturated carbocycles. The molecule has 1 N–H and O–H groups in total. The van der Waals surface area contributed by atoms with Crippen molar-refractivity contribution in [1.82, 2.24) is 10.2 Å². The first-order valence-electron chi connectivity index (χ1n) is 12.0. The zero-order chi connectivity index (χ0) is 27.2. The molecule has 0 heterocycles. The minimum absolute atomic E-state index is 0.0469. The number of anilines is 1. The molecule has 7 nitrogen and oxygen atoms in total. The predicted octanol–water partition coefficient (Wildman–Crippen LogP) is 4.71. The second kappa shape index (κ2) is 12.3. The number of carbonyl (C=O) groups excluding carboxylic acids is 2. The molecular weight excluding hydrogens is 510 g/mol. The molecule has 2 amide bonds. The number of hydrogen-bond acceptors (Lipinski definition) is 4. The highest BCUT2D eigenvalue weighted by molar-refractivity contribution is 7.92. The van der Waals surface area contributed by atoms with E-state index < -0.39 is 28.5 Å². The molecule has 37 heavy (non-hydrogen) atoms. The number of nitrogens with one attached hydrogen (secondary N) is 1. The van der Waals surface area contributed by atoms with Crippen LogP contribution in [0.5, 0.6) is 0 Å². The third kappa shape index (κ3) is 6.70. The normalized spacial score (nSPS) is 12.0. The summed E-state index contributed by atoms with van der Waals surface area (Å²) in [5.74, 6) is -0.825. The van der Waals surface area contributed by atoms with Crippen molar-refractivity contribution in [3.05, 3.63) is 94.5 Å². The molecule has 196 valence electrons. The lowest BCUT2D eigenvalue weighted by molar-refractivity contribution is -0.140. The topological polar surface area (TPSA) is 86.8 Å². The van der Waals surface area contributed by atoms with E-state index in [-0.39, 0.29) is 17.3 Å². The molecule has 3 aromatic carbocycles. The molecule has 3 rings (SSSR count). The molecule has 0 fully saturated rings. The van der Waals surface area contributed by atoms with Crippen molar-refractivity contribution in [3.63, 3.8) is 0 Å². The van der Waals surface area contributed by atoms with Crippen molar-refractivity contribution < 1.29 is 18.0 Å². The third-order valence-electron chi connectivity index (χ3n) is 6.16. The first-order valence-corrected chi connectivity index (χ1v) is 13.8. The van der Waals surface area contributed by atoms with Crippen LogP contribution in [0.4, 0.5) is 5.69 Å². The summed E-state index contributed by atoms with van der Waals surface area (Å²) >= 11 is 6.24. The van der Waals surface area contributed by atoms with E-state index in [2.05, 4.69) is 5.32 Å². The van der Waals surface area contributed by atoms with Gasteiger partial charge in [0.1, 0.15) is 12.6 Å². The molecule has 0 radical (unpaired) electrons. The Morgan fingerprint density at radius 1 is 0.973 bits per heavy atom. The standard InChI is InChI=1S/C28H32ClN3O4S/c1-5-25(28(34)30-4)31(18-22-14-11-20(2)12-15-22)27(33)19-32(26-17-23(29)16-13-21(26)3)37(35,36)24-9-7-6-8-10-24/h6-17,25H,5,18-19H2,1-4H3,(H,30,34). The summed E-state index contributed by atoms with van der Waals surface area (Å²) in [6, 6.07) is 19.7. The van der Waals surface area contributed by atoms with Crippen molar-refractivity contribution in [2.45, 2.75) is 44.7 Å². The second-order valence-corrected chi connectivity index (χ2v) is 11.1. The SMILES string of the molecule is CCC(C(=O)NC)N(Cc1ccc(C)cc1)C(=O)CN(c1cc(Cl)ccc1C)S(=O)(=O)c1ccccc1.